The number of nitrogens with one attached hydrogen (secondary N) is 1. The van der Waals surface area contributed by atoms with Crippen molar-refractivity contribution in [3.8, 4) is 11.5 Å². The van der Waals surface area contributed by atoms with Gasteiger partial charge in [-0.3, -0.25) is 4.99 Å². The molecule has 0 spiro atoms. The second kappa shape index (κ2) is 5.48. The van der Waals surface area contributed by atoms with Gasteiger partial charge in [0.2, 0.25) is 0 Å². The standard InChI is InChI=1S/C14H18N2O3/c1-17-11-6-13-12(8-15-9-16-13)14(7-11)19-10-2-4-18-5-3-10/h6-7,9-10H,2-5,8H2,1H3,(H,15,16). The molecule has 19 heavy (non-hydrogen) atoms. The minimum Gasteiger partial charge on any atom is -0.497 e. The van der Waals surface area contributed by atoms with E-state index in [1.54, 1.807) is 13.4 Å². The molecule has 102 valence electrons. The SMILES string of the molecule is COc1cc2c(c(OC3CCOCC3)c1)CN=CN2. The molecule has 1 saturated heterocycles. The minimum absolute atomic E-state index is 0.218. The van der Waals surface area contributed by atoms with Crippen LogP contribution < -0.4 is 14.8 Å². The molecule has 0 aromatic heterocycles. The van der Waals surface area contributed by atoms with Crippen LogP contribution in [-0.2, 0) is 11.3 Å². The molecule has 0 bridgehead atoms. The van der Waals surface area contributed by atoms with E-state index in [1.165, 1.54) is 0 Å². The van der Waals surface area contributed by atoms with Crippen molar-refractivity contribution in [1.82, 2.24) is 0 Å². The number of ether oxygens (including phenoxy) is 3. The lowest BCUT2D eigenvalue weighted by Crippen LogP contribution is -2.26. The van der Waals surface area contributed by atoms with Crippen LogP contribution in [0.3, 0.4) is 0 Å². The average molecular weight is 262 g/mol. The van der Waals surface area contributed by atoms with Crippen LogP contribution in [0.1, 0.15) is 18.4 Å². The zero-order valence-electron chi connectivity index (χ0n) is 11.0. The molecule has 1 N–H and O–H groups in total. The van der Waals surface area contributed by atoms with E-state index in [-0.39, 0.29) is 6.10 Å². The summed E-state index contributed by atoms with van der Waals surface area (Å²) in [6.45, 7) is 2.19. The highest BCUT2D eigenvalue weighted by Gasteiger charge is 2.20. The van der Waals surface area contributed by atoms with Gasteiger partial charge in [-0.15, -0.1) is 0 Å². The van der Waals surface area contributed by atoms with Crippen molar-refractivity contribution in [3.05, 3.63) is 17.7 Å². The lowest BCUT2D eigenvalue weighted by atomic mass is 10.1. The summed E-state index contributed by atoms with van der Waals surface area (Å²) in [6, 6.07) is 3.91. The Morgan fingerprint density at radius 2 is 2.16 bits per heavy atom. The first-order valence-electron chi connectivity index (χ1n) is 6.57. The van der Waals surface area contributed by atoms with Crippen molar-refractivity contribution in [3.63, 3.8) is 0 Å². The maximum atomic E-state index is 6.12. The van der Waals surface area contributed by atoms with Gasteiger partial charge in [-0.2, -0.15) is 0 Å². The van der Waals surface area contributed by atoms with Crippen LogP contribution in [0.5, 0.6) is 11.5 Å². The molecule has 2 aliphatic rings. The van der Waals surface area contributed by atoms with Gasteiger partial charge in [0, 0.05) is 30.5 Å². The molecule has 0 atom stereocenters. The molecule has 0 radical (unpaired) electrons. The summed E-state index contributed by atoms with van der Waals surface area (Å²) in [5, 5.41) is 3.14. The van der Waals surface area contributed by atoms with Crippen molar-refractivity contribution >= 4 is 12.0 Å². The Labute approximate surface area is 112 Å². The van der Waals surface area contributed by atoms with Crippen molar-refractivity contribution in [2.45, 2.75) is 25.5 Å². The van der Waals surface area contributed by atoms with Gasteiger partial charge in [0.1, 0.15) is 17.6 Å². The highest BCUT2D eigenvalue weighted by Crippen LogP contribution is 2.35. The average Bonchev–Trinajstić information content (AvgIpc) is 2.48. The molecule has 0 aliphatic carbocycles. The number of anilines is 1. The van der Waals surface area contributed by atoms with Gasteiger partial charge in [0.25, 0.3) is 0 Å². The molecule has 2 aliphatic heterocycles. The molecule has 0 amide bonds. The van der Waals surface area contributed by atoms with E-state index >= 15 is 0 Å². The normalized spacial score (nSPS) is 18.6. The predicted octanol–water partition coefficient (Wildman–Crippen LogP) is 2.21. The van der Waals surface area contributed by atoms with Gasteiger partial charge in [0.05, 0.1) is 38.9 Å². The summed E-state index contributed by atoms with van der Waals surface area (Å²) in [5.74, 6) is 1.66. The van der Waals surface area contributed by atoms with Crippen molar-refractivity contribution in [2.75, 3.05) is 25.6 Å². The lowest BCUT2D eigenvalue weighted by Gasteiger charge is -2.26. The Morgan fingerprint density at radius 1 is 1.32 bits per heavy atom. The second-order valence-corrected chi connectivity index (χ2v) is 4.70. The maximum Gasteiger partial charge on any atom is 0.130 e. The second-order valence-electron chi connectivity index (χ2n) is 4.70. The fourth-order valence-corrected chi connectivity index (χ4v) is 2.36. The third kappa shape index (κ3) is 2.66. The number of hydrogen-bond donors (Lipinski definition) is 1. The zero-order valence-corrected chi connectivity index (χ0v) is 11.0. The molecule has 5 heteroatoms. The van der Waals surface area contributed by atoms with Gasteiger partial charge in [0.15, 0.2) is 0 Å². The van der Waals surface area contributed by atoms with Gasteiger partial charge in [-0.25, -0.2) is 0 Å². The number of rotatable bonds is 3. The topological polar surface area (TPSA) is 52.1 Å². The van der Waals surface area contributed by atoms with E-state index in [4.69, 9.17) is 14.2 Å². The van der Waals surface area contributed by atoms with Crippen LogP contribution in [-0.4, -0.2) is 32.8 Å². The van der Waals surface area contributed by atoms with Crippen LogP contribution in [0.25, 0.3) is 0 Å². The fraction of sp³-hybridized carbons (Fsp3) is 0.500. The van der Waals surface area contributed by atoms with E-state index in [0.29, 0.717) is 6.54 Å². The Balaban J connectivity index is 1.86. The number of benzene rings is 1. The molecule has 3 rings (SSSR count). The van der Waals surface area contributed by atoms with Gasteiger partial charge in [-0.05, 0) is 0 Å². The largest absolute Gasteiger partial charge is 0.497 e. The Bertz CT molecular complexity index is 482. The molecule has 1 aromatic rings. The molecule has 5 nitrogen and oxygen atoms in total. The summed E-state index contributed by atoms with van der Waals surface area (Å²) >= 11 is 0. The molecule has 0 unspecified atom stereocenters. The number of fused-ring (bicyclic) bond motifs is 1. The molecule has 2 heterocycles. The third-order valence-corrected chi connectivity index (χ3v) is 3.44. The molecule has 0 saturated carbocycles. The van der Waals surface area contributed by atoms with E-state index in [9.17, 15) is 0 Å². The van der Waals surface area contributed by atoms with Crippen molar-refractivity contribution in [2.24, 2.45) is 4.99 Å². The lowest BCUT2D eigenvalue weighted by molar-refractivity contribution is 0.0251. The van der Waals surface area contributed by atoms with Crippen LogP contribution in [0, 0.1) is 0 Å². The van der Waals surface area contributed by atoms with Crippen LogP contribution >= 0.6 is 0 Å². The first-order chi connectivity index (χ1) is 9.36. The first-order valence-corrected chi connectivity index (χ1v) is 6.57. The number of methoxy groups -OCH3 is 1. The Morgan fingerprint density at radius 3 is 2.95 bits per heavy atom. The molecular weight excluding hydrogens is 244 g/mol. The highest BCUT2D eigenvalue weighted by atomic mass is 16.5. The Hall–Kier alpha value is -1.75. The number of nitrogens with zero attached hydrogens (tertiary/aromatic N) is 1. The molecule has 1 fully saturated rings. The number of aliphatic imine (C=N–C) groups is 1. The quantitative estimate of drug-likeness (QED) is 0.907. The molecular formula is C14H18N2O3. The summed E-state index contributed by atoms with van der Waals surface area (Å²) in [7, 11) is 1.66. The predicted molar refractivity (Wildman–Crippen MR) is 73.3 cm³/mol. The van der Waals surface area contributed by atoms with Crippen molar-refractivity contribution < 1.29 is 14.2 Å². The van der Waals surface area contributed by atoms with Crippen LogP contribution in [0.2, 0.25) is 0 Å². The smallest absolute Gasteiger partial charge is 0.130 e. The van der Waals surface area contributed by atoms with Crippen LogP contribution in [0.15, 0.2) is 17.1 Å². The summed E-state index contributed by atoms with van der Waals surface area (Å²) in [6.07, 6.45) is 3.79. The number of hydrogen-bond acceptors (Lipinski definition) is 5. The first kappa shape index (κ1) is 12.3. The summed E-state index contributed by atoms with van der Waals surface area (Å²) < 4.78 is 16.8. The summed E-state index contributed by atoms with van der Waals surface area (Å²) in [5.41, 5.74) is 2.10. The van der Waals surface area contributed by atoms with E-state index in [2.05, 4.69) is 10.3 Å². The molecule has 1 aromatic carbocycles. The fourth-order valence-electron chi connectivity index (χ4n) is 2.36. The van der Waals surface area contributed by atoms with E-state index in [1.807, 2.05) is 12.1 Å². The maximum absolute atomic E-state index is 6.12. The Kier molecular flexibility index (Phi) is 3.55. The van der Waals surface area contributed by atoms with E-state index in [0.717, 1.165) is 48.8 Å². The van der Waals surface area contributed by atoms with Crippen LogP contribution in [0.4, 0.5) is 5.69 Å². The monoisotopic (exact) mass is 262 g/mol. The van der Waals surface area contributed by atoms with E-state index < -0.39 is 0 Å². The third-order valence-electron chi connectivity index (χ3n) is 3.44. The van der Waals surface area contributed by atoms with Gasteiger partial charge >= 0.3 is 0 Å². The van der Waals surface area contributed by atoms with Crippen molar-refractivity contribution in [1.29, 1.82) is 0 Å². The zero-order chi connectivity index (χ0) is 13.1. The van der Waals surface area contributed by atoms with Gasteiger partial charge < -0.3 is 19.5 Å². The van der Waals surface area contributed by atoms with Gasteiger partial charge in [-0.1, -0.05) is 0 Å². The highest BCUT2D eigenvalue weighted by molar-refractivity contribution is 5.81. The summed E-state index contributed by atoms with van der Waals surface area (Å²) in [4.78, 5) is 4.25. The minimum atomic E-state index is 0.218.